The Labute approximate surface area is 95.2 Å². The summed E-state index contributed by atoms with van der Waals surface area (Å²) in [4.78, 5) is 0. The third kappa shape index (κ3) is 2.60. The van der Waals surface area contributed by atoms with Crippen LogP contribution in [0.5, 0.6) is 0 Å². The molecule has 1 aromatic rings. The van der Waals surface area contributed by atoms with Crippen LogP contribution in [0.15, 0.2) is 27.4 Å². The molecule has 5 heteroatoms. The molecule has 1 rings (SSSR count). The van der Waals surface area contributed by atoms with Gasteiger partial charge in [0.15, 0.2) is 6.20 Å². The second-order valence-corrected chi connectivity index (χ2v) is 3.83. The summed E-state index contributed by atoms with van der Waals surface area (Å²) in [5.74, 6) is 0. The van der Waals surface area contributed by atoms with Gasteiger partial charge in [0, 0.05) is 22.0 Å². The summed E-state index contributed by atoms with van der Waals surface area (Å²) in [6.45, 7) is 0. The van der Waals surface area contributed by atoms with Crippen LogP contribution in [-0.4, -0.2) is 0 Å². The summed E-state index contributed by atoms with van der Waals surface area (Å²) in [5, 5.41) is 0. The summed E-state index contributed by atoms with van der Waals surface area (Å²) < 4.78 is 3.81. The van der Waals surface area contributed by atoms with Gasteiger partial charge in [-0.1, -0.05) is 0 Å². The Hall–Kier alpha value is 1.07. The Morgan fingerprint density at radius 2 is 1.90 bits per heavy atom. The number of aromatic nitrogens is 1. The molecule has 10 heavy (non-hydrogen) atoms. The van der Waals surface area contributed by atoms with Crippen molar-refractivity contribution in [2.45, 2.75) is 0 Å². The summed E-state index contributed by atoms with van der Waals surface area (Å²) in [7, 11) is 0. The van der Waals surface area contributed by atoms with Crippen molar-refractivity contribution in [3.63, 3.8) is 0 Å². The van der Waals surface area contributed by atoms with Crippen LogP contribution in [0.4, 0.5) is 0 Å². The molecule has 0 saturated carbocycles. The Morgan fingerprint density at radius 1 is 1.30 bits per heavy atom. The zero-order valence-electron chi connectivity index (χ0n) is 4.69. The van der Waals surface area contributed by atoms with E-state index in [4.69, 9.17) is 0 Å². The maximum absolute atomic E-state index is 3.35. The molecule has 0 saturated heterocycles. The van der Waals surface area contributed by atoms with Crippen molar-refractivity contribution < 1.29 is 20.6 Å². The van der Waals surface area contributed by atoms with E-state index in [2.05, 4.69) is 48.0 Å². The van der Waals surface area contributed by atoms with Gasteiger partial charge in [0.25, 0.3) is 4.60 Å². The zero-order valence-corrected chi connectivity index (χ0v) is 11.0. The first-order valence-electron chi connectivity index (χ1n) is 2.23. The Bertz CT molecular complexity index is 205. The molecule has 1 heterocycles. The topological polar surface area (TPSA) is 3.88 Å². The minimum Gasteiger partial charge on any atom is -0.116 e. The van der Waals surface area contributed by atoms with Gasteiger partial charge in [-0.3, -0.25) is 0 Å². The molecule has 0 aliphatic rings. The van der Waals surface area contributed by atoms with Gasteiger partial charge >= 0.3 is 33.1 Å². The Morgan fingerprint density at radius 3 is 2.30 bits per heavy atom. The van der Waals surface area contributed by atoms with Crippen LogP contribution in [0.25, 0.3) is 0 Å². The molecule has 0 aliphatic heterocycles. The highest BCUT2D eigenvalue weighted by atomic mass is 79.9. The van der Waals surface area contributed by atoms with E-state index in [-0.39, 0.29) is 17.0 Å². The highest BCUT2D eigenvalue weighted by Gasteiger charge is 2.06. The number of rotatable bonds is 0. The largest absolute Gasteiger partial charge is 1.00 e. The first kappa shape index (κ1) is 11.1. The van der Waals surface area contributed by atoms with E-state index >= 15 is 0 Å². The molecule has 0 amide bonds. The lowest BCUT2D eigenvalue weighted by Gasteiger charge is -1.87. The van der Waals surface area contributed by atoms with Crippen LogP contribution < -0.4 is 3.59 Å². The first-order chi connectivity index (χ1) is 4.22. The summed E-state index contributed by atoms with van der Waals surface area (Å²) >= 11 is 9.98. The lowest BCUT2D eigenvalue weighted by atomic mass is 10.5. The summed E-state index contributed by atoms with van der Waals surface area (Å²) in [6, 6.07) is 3.89. The van der Waals surface area contributed by atoms with Gasteiger partial charge in [0.05, 0.1) is 4.47 Å². The predicted molar refractivity (Wildman–Crippen MR) is 46.4 cm³/mol. The molecule has 0 N–H and O–H groups in total. The predicted octanol–water partition coefficient (Wildman–Crippen LogP) is 2.66. The second kappa shape index (κ2) is 4.85. The molecule has 0 spiro atoms. The Kier molecular flexibility index (Phi) is 5.37. The van der Waals surface area contributed by atoms with Crippen molar-refractivity contribution in [1.82, 2.24) is 0 Å². The number of hydrogen-bond donors (Lipinski definition) is 0. The minimum atomic E-state index is 0. The van der Waals surface area contributed by atoms with Gasteiger partial charge in [0.1, 0.15) is 0 Å². The lowest BCUT2D eigenvalue weighted by molar-refractivity contribution is -0.487. The van der Waals surface area contributed by atoms with Gasteiger partial charge < -0.3 is 0 Å². The molecule has 2 radical (unpaired) electrons. The van der Waals surface area contributed by atoms with E-state index in [9.17, 15) is 0 Å². The van der Waals surface area contributed by atoms with Crippen LogP contribution in [0.1, 0.15) is 0 Å². The van der Waals surface area contributed by atoms with E-state index in [1.165, 1.54) is 0 Å². The molecule has 0 bridgehead atoms. The zero-order chi connectivity index (χ0) is 6.85. The van der Waals surface area contributed by atoms with Gasteiger partial charge in [-0.05, 0) is 22.0 Å². The highest BCUT2D eigenvalue weighted by molar-refractivity contribution is 9.13. The van der Waals surface area contributed by atoms with Gasteiger partial charge in [-0.15, -0.1) is 3.59 Å². The van der Waals surface area contributed by atoms with E-state index in [0.29, 0.717) is 0 Å². The highest BCUT2D eigenvalue weighted by Crippen LogP contribution is 2.17. The molecule has 0 unspecified atom stereocenters. The number of pyridine rings is 1. The fourth-order valence-corrected chi connectivity index (χ4v) is 1.60. The van der Waals surface area contributed by atoms with Crippen molar-refractivity contribution >= 4 is 48.0 Å². The van der Waals surface area contributed by atoms with Crippen LogP contribution >= 0.6 is 48.0 Å². The normalized spacial score (nSPS) is 8.70. The fraction of sp³-hybridized carbons (Fsp3) is 0. The maximum atomic E-state index is 3.35. The molecule has 1 aromatic heterocycles. The summed E-state index contributed by atoms with van der Waals surface area (Å²) in [5.41, 5.74) is 0. The van der Waals surface area contributed by atoms with Gasteiger partial charge in [-0.25, -0.2) is 0 Å². The smallest absolute Gasteiger partial charge is 0.116 e. The van der Waals surface area contributed by atoms with E-state index in [0.717, 1.165) is 9.08 Å². The van der Waals surface area contributed by atoms with Crippen molar-refractivity contribution in [2.24, 2.45) is 0 Å². The van der Waals surface area contributed by atoms with Crippen LogP contribution in [-0.2, 0) is 0 Å². The third-order valence-corrected chi connectivity index (χ3v) is 3.89. The van der Waals surface area contributed by atoms with Crippen molar-refractivity contribution in [2.75, 3.05) is 0 Å². The Balaban J connectivity index is 0.000000810. The molecular formula is C5H3Br4N+2. The van der Waals surface area contributed by atoms with E-state index in [1.54, 1.807) is 3.59 Å². The molecule has 0 aromatic carbocycles. The van der Waals surface area contributed by atoms with Crippen molar-refractivity contribution in [3.8, 4) is 0 Å². The molecule has 0 fully saturated rings. The second-order valence-electron chi connectivity index (χ2n) is 1.46. The van der Waals surface area contributed by atoms with Crippen LogP contribution in [0, 0.1) is 17.0 Å². The standard InChI is InChI=1S/C5H3Br3N.Br/c6-4-2-1-3-9(8)5(4)7;/h1-3H;/q2*+1. The lowest BCUT2D eigenvalue weighted by Crippen LogP contribution is -2.19. The number of halogens is 4. The molecule has 0 atom stereocenters. The van der Waals surface area contributed by atoms with Crippen LogP contribution in [0.3, 0.4) is 0 Å². The van der Waals surface area contributed by atoms with Gasteiger partial charge in [0.2, 0.25) is 0 Å². The van der Waals surface area contributed by atoms with E-state index in [1.807, 2.05) is 18.3 Å². The summed E-state index contributed by atoms with van der Waals surface area (Å²) in [6.07, 6.45) is 1.90. The average molecular weight is 397 g/mol. The molecule has 54 valence electrons. The maximum Gasteiger partial charge on any atom is 1.00 e. The van der Waals surface area contributed by atoms with Crippen molar-refractivity contribution in [1.29, 1.82) is 0 Å². The quantitative estimate of drug-likeness (QED) is 0.594. The molecular weight excluding hydrogens is 394 g/mol. The molecule has 0 aliphatic carbocycles. The van der Waals surface area contributed by atoms with Crippen LogP contribution in [0.2, 0.25) is 0 Å². The average Bonchev–Trinajstić information content (AvgIpc) is 1.83. The minimum absolute atomic E-state index is 0. The monoisotopic (exact) mass is 393 g/mol. The number of nitrogens with zero attached hydrogens (tertiary/aromatic N) is 1. The number of hydrogen-bond acceptors (Lipinski definition) is 0. The molecule has 1 nitrogen and oxygen atoms in total. The third-order valence-electron chi connectivity index (χ3n) is 0.844. The van der Waals surface area contributed by atoms with Crippen molar-refractivity contribution in [3.05, 3.63) is 27.4 Å². The SMILES string of the molecule is Brc1ccc[n+](Br)c1Br.[Br+]. The first-order valence-corrected chi connectivity index (χ1v) is 4.53. The fourth-order valence-electron chi connectivity index (χ4n) is 0.439. The van der Waals surface area contributed by atoms with Gasteiger partial charge in [-0.2, -0.15) is 0 Å². The van der Waals surface area contributed by atoms with E-state index < -0.39 is 0 Å².